The molecule has 1 aromatic heterocycles. The molecular weight excluding hydrogens is 454 g/mol. The Hall–Kier alpha value is -2.42. The Labute approximate surface area is 169 Å². The van der Waals surface area contributed by atoms with Crippen LogP contribution in [0.1, 0.15) is 10.4 Å². The van der Waals surface area contributed by atoms with Crippen molar-refractivity contribution in [1.82, 2.24) is 4.98 Å². The van der Waals surface area contributed by atoms with Gasteiger partial charge in [-0.2, -0.15) is 0 Å². The zero-order valence-electron chi connectivity index (χ0n) is 13.7. The van der Waals surface area contributed by atoms with Crippen molar-refractivity contribution in [3.05, 3.63) is 81.9 Å². The van der Waals surface area contributed by atoms with E-state index in [1.54, 1.807) is 24.3 Å². The van der Waals surface area contributed by atoms with Crippen LogP contribution in [-0.4, -0.2) is 19.3 Å². The van der Waals surface area contributed by atoms with E-state index in [-0.39, 0.29) is 16.3 Å². The molecule has 0 saturated carbocycles. The van der Waals surface area contributed by atoms with Gasteiger partial charge in [-0.25, -0.2) is 13.4 Å². The molecule has 0 unspecified atom stereocenters. The first-order valence-corrected chi connectivity index (χ1v) is 10.3. The van der Waals surface area contributed by atoms with Gasteiger partial charge in [0.2, 0.25) is 0 Å². The fraction of sp³-hybridized carbons (Fsp3) is 0. The fourth-order valence-electron chi connectivity index (χ4n) is 2.17. The van der Waals surface area contributed by atoms with Crippen molar-refractivity contribution >= 4 is 55.0 Å². The van der Waals surface area contributed by atoms with Crippen molar-refractivity contribution < 1.29 is 13.2 Å². The van der Waals surface area contributed by atoms with Crippen molar-refractivity contribution in [2.24, 2.45) is 0 Å². The largest absolute Gasteiger partial charge is 0.322 e. The molecule has 1 amide bonds. The molecule has 3 aromatic rings. The third-order valence-corrected chi connectivity index (χ3v) is 5.58. The van der Waals surface area contributed by atoms with Gasteiger partial charge in [0.25, 0.3) is 15.9 Å². The summed E-state index contributed by atoms with van der Waals surface area (Å²) in [5.41, 5.74) is 0.810. The number of amides is 1. The number of halogens is 2. The smallest absolute Gasteiger partial charge is 0.263 e. The summed E-state index contributed by atoms with van der Waals surface area (Å²) in [6, 6.07) is 15.7. The molecule has 0 saturated heterocycles. The molecule has 2 N–H and O–H groups in total. The average Bonchev–Trinajstić information content (AvgIpc) is 2.65. The third kappa shape index (κ3) is 5.06. The number of carbonyl (C=O) groups is 1. The van der Waals surface area contributed by atoms with E-state index < -0.39 is 15.9 Å². The summed E-state index contributed by atoms with van der Waals surface area (Å²) < 4.78 is 28.3. The van der Waals surface area contributed by atoms with Crippen LogP contribution in [0.4, 0.5) is 11.5 Å². The maximum atomic E-state index is 12.5. The lowest BCUT2D eigenvalue weighted by Crippen LogP contribution is -2.16. The third-order valence-electron chi connectivity index (χ3n) is 3.47. The lowest BCUT2D eigenvalue weighted by molar-refractivity contribution is 0.102. The van der Waals surface area contributed by atoms with Gasteiger partial charge >= 0.3 is 0 Å². The summed E-state index contributed by atoms with van der Waals surface area (Å²) in [6.45, 7) is 0. The number of nitrogens with zero attached hydrogens (tertiary/aromatic N) is 1. The van der Waals surface area contributed by atoms with Crippen LogP contribution in [0, 0.1) is 0 Å². The predicted octanol–water partition coefficient (Wildman–Crippen LogP) is 4.55. The maximum absolute atomic E-state index is 12.5. The second kappa shape index (κ2) is 8.08. The number of carbonyl (C=O) groups excluding carboxylic acids is 1. The summed E-state index contributed by atoms with van der Waals surface area (Å²) in [4.78, 5) is 16.3. The summed E-state index contributed by atoms with van der Waals surface area (Å²) in [7, 11) is -3.90. The quantitative estimate of drug-likeness (QED) is 0.577. The minimum absolute atomic E-state index is 0.0530. The molecule has 2 aromatic carbocycles. The van der Waals surface area contributed by atoms with Crippen LogP contribution >= 0.6 is 27.5 Å². The first kappa shape index (κ1) is 19.3. The van der Waals surface area contributed by atoms with Crippen molar-refractivity contribution in [3.63, 3.8) is 0 Å². The van der Waals surface area contributed by atoms with Crippen LogP contribution in [0.25, 0.3) is 0 Å². The van der Waals surface area contributed by atoms with E-state index >= 15 is 0 Å². The van der Waals surface area contributed by atoms with E-state index in [9.17, 15) is 13.2 Å². The van der Waals surface area contributed by atoms with Gasteiger partial charge in [0.15, 0.2) is 0 Å². The Morgan fingerprint density at radius 2 is 1.78 bits per heavy atom. The number of sulfonamides is 1. The number of anilines is 2. The number of nitrogens with one attached hydrogen (secondary N) is 2. The highest BCUT2D eigenvalue weighted by molar-refractivity contribution is 9.10. The highest BCUT2D eigenvalue weighted by Gasteiger charge is 2.17. The Morgan fingerprint density at radius 1 is 1.04 bits per heavy atom. The number of hydrogen-bond donors (Lipinski definition) is 2. The molecule has 0 spiro atoms. The van der Waals surface area contributed by atoms with Gasteiger partial charge in [-0.15, -0.1) is 0 Å². The standard InChI is InChI=1S/C18H13BrClN3O3S/c19-13-4-7-15(8-5-13)22-18(24)12-2-1-3-16(10-12)27(25,26)23-17-9-6-14(20)11-21-17/h1-11H,(H,21,23)(H,22,24). The second-order valence-electron chi connectivity index (χ2n) is 5.46. The Morgan fingerprint density at radius 3 is 2.44 bits per heavy atom. The van der Waals surface area contributed by atoms with E-state index in [4.69, 9.17) is 11.6 Å². The van der Waals surface area contributed by atoms with Crippen LogP contribution in [0.2, 0.25) is 5.02 Å². The van der Waals surface area contributed by atoms with E-state index in [1.807, 2.05) is 0 Å². The van der Waals surface area contributed by atoms with E-state index in [0.717, 1.165) is 4.47 Å². The Kier molecular flexibility index (Phi) is 5.79. The minimum atomic E-state index is -3.90. The second-order valence-corrected chi connectivity index (χ2v) is 8.49. The lowest BCUT2D eigenvalue weighted by Gasteiger charge is -2.09. The fourth-order valence-corrected chi connectivity index (χ4v) is 3.60. The van der Waals surface area contributed by atoms with Gasteiger partial charge < -0.3 is 5.32 Å². The molecule has 0 atom stereocenters. The first-order chi connectivity index (χ1) is 12.8. The molecule has 0 fully saturated rings. The van der Waals surface area contributed by atoms with Crippen molar-refractivity contribution in [1.29, 1.82) is 0 Å². The molecule has 6 nitrogen and oxygen atoms in total. The van der Waals surface area contributed by atoms with Crippen molar-refractivity contribution in [2.45, 2.75) is 4.90 Å². The van der Waals surface area contributed by atoms with Crippen LogP contribution in [0.15, 0.2) is 76.2 Å². The Balaban J connectivity index is 1.80. The van der Waals surface area contributed by atoms with Crippen LogP contribution in [0.5, 0.6) is 0 Å². The number of rotatable bonds is 5. The minimum Gasteiger partial charge on any atom is -0.322 e. The monoisotopic (exact) mass is 465 g/mol. The lowest BCUT2D eigenvalue weighted by atomic mass is 10.2. The van der Waals surface area contributed by atoms with Gasteiger partial charge in [-0.05, 0) is 54.6 Å². The molecule has 9 heteroatoms. The zero-order chi connectivity index (χ0) is 19.4. The summed E-state index contributed by atoms with van der Waals surface area (Å²) in [5, 5.41) is 3.11. The molecule has 0 radical (unpaired) electrons. The molecular formula is C18H13BrClN3O3S. The first-order valence-electron chi connectivity index (χ1n) is 7.65. The maximum Gasteiger partial charge on any atom is 0.263 e. The zero-order valence-corrected chi connectivity index (χ0v) is 16.8. The van der Waals surface area contributed by atoms with Gasteiger partial charge in [-0.1, -0.05) is 33.6 Å². The number of hydrogen-bond acceptors (Lipinski definition) is 4. The van der Waals surface area contributed by atoms with Gasteiger partial charge in [-0.3, -0.25) is 9.52 Å². The number of pyridine rings is 1. The van der Waals surface area contributed by atoms with E-state index in [0.29, 0.717) is 10.7 Å². The summed E-state index contributed by atoms with van der Waals surface area (Å²) in [5.74, 6) is -0.289. The van der Waals surface area contributed by atoms with Crippen molar-refractivity contribution in [2.75, 3.05) is 10.0 Å². The van der Waals surface area contributed by atoms with E-state index in [2.05, 4.69) is 31.0 Å². The number of aromatic nitrogens is 1. The normalized spacial score (nSPS) is 11.0. The average molecular weight is 467 g/mol. The molecule has 27 heavy (non-hydrogen) atoms. The molecule has 1 heterocycles. The molecule has 0 aliphatic rings. The Bertz CT molecular complexity index is 1070. The van der Waals surface area contributed by atoms with Gasteiger partial charge in [0.1, 0.15) is 5.82 Å². The van der Waals surface area contributed by atoms with Gasteiger partial charge in [0.05, 0.1) is 9.92 Å². The molecule has 0 bridgehead atoms. The van der Waals surface area contributed by atoms with Crippen molar-refractivity contribution in [3.8, 4) is 0 Å². The van der Waals surface area contributed by atoms with Gasteiger partial charge in [0, 0.05) is 21.9 Å². The number of benzene rings is 2. The molecule has 3 rings (SSSR count). The molecule has 0 aliphatic carbocycles. The highest BCUT2D eigenvalue weighted by Crippen LogP contribution is 2.19. The van der Waals surface area contributed by atoms with Crippen LogP contribution in [-0.2, 0) is 10.0 Å². The summed E-state index contributed by atoms with van der Waals surface area (Å²) in [6.07, 6.45) is 1.33. The van der Waals surface area contributed by atoms with Crippen LogP contribution in [0.3, 0.4) is 0 Å². The summed E-state index contributed by atoms with van der Waals surface area (Å²) >= 11 is 9.06. The predicted molar refractivity (Wildman–Crippen MR) is 109 cm³/mol. The molecule has 138 valence electrons. The highest BCUT2D eigenvalue weighted by atomic mass is 79.9. The topological polar surface area (TPSA) is 88.2 Å². The SMILES string of the molecule is O=C(Nc1ccc(Br)cc1)c1cccc(S(=O)(=O)Nc2ccc(Cl)cn2)c1. The van der Waals surface area contributed by atoms with Crippen LogP contribution < -0.4 is 10.0 Å². The molecule has 0 aliphatic heterocycles. The van der Waals surface area contributed by atoms with E-state index in [1.165, 1.54) is 42.6 Å².